The van der Waals surface area contributed by atoms with Gasteiger partial charge in [-0.1, -0.05) is 17.7 Å². The number of methoxy groups -OCH3 is 1. The molecule has 0 fully saturated rings. The van der Waals surface area contributed by atoms with E-state index < -0.39 is 15.8 Å². The van der Waals surface area contributed by atoms with E-state index in [1.807, 2.05) is 0 Å². The number of amides is 1. The summed E-state index contributed by atoms with van der Waals surface area (Å²) >= 11 is 6.01. The van der Waals surface area contributed by atoms with Crippen molar-refractivity contribution in [2.75, 3.05) is 12.4 Å². The van der Waals surface area contributed by atoms with Gasteiger partial charge in [-0.05, 0) is 47.5 Å². The minimum absolute atomic E-state index is 0.00964. The number of nitriles is 1. The van der Waals surface area contributed by atoms with Crippen LogP contribution in [0.5, 0.6) is 11.5 Å². The third-order valence-corrected chi connectivity index (χ3v) is 5.14. The van der Waals surface area contributed by atoms with Crippen LogP contribution in [0.3, 0.4) is 0 Å². The Balaban J connectivity index is 1.76. The fourth-order valence-electron chi connectivity index (χ4n) is 3.00. The first kappa shape index (κ1) is 25.7. The lowest BCUT2D eigenvalue weighted by Gasteiger charge is -2.12. The second kappa shape index (κ2) is 11.5. The van der Waals surface area contributed by atoms with E-state index in [0.717, 1.165) is 6.07 Å². The molecule has 0 heterocycles. The molecular weight excluding hydrogens is 492 g/mol. The van der Waals surface area contributed by atoms with Crippen LogP contribution in [0, 0.1) is 31.6 Å². The Kier molecular flexibility index (Phi) is 8.17. The second-order valence-electron chi connectivity index (χ2n) is 7.17. The largest absolute Gasteiger partial charge is 0.493 e. The van der Waals surface area contributed by atoms with Gasteiger partial charge in [-0.25, -0.2) is 0 Å². The van der Waals surface area contributed by atoms with Gasteiger partial charge in [0, 0.05) is 24.3 Å². The predicted octanol–water partition coefficient (Wildman–Crippen LogP) is 5.29. The molecule has 0 atom stereocenters. The van der Waals surface area contributed by atoms with Gasteiger partial charge in [0.15, 0.2) is 11.5 Å². The lowest BCUT2D eigenvalue weighted by Crippen LogP contribution is -2.14. The summed E-state index contributed by atoms with van der Waals surface area (Å²) in [6, 6.07) is 16.0. The highest BCUT2D eigenvalue weighted by atomic mass is 35.5. The van der Waals surface area contributed by atoms with Crippen molar-refractivity contribution in [1.29, 1.82) is 5.26 Å². The van der Waals surface area contributed by atoms with E-state index in [0.29, 0.717) is 22.6 Å². The first-order chi connectivity index (χ1) is 17.2. The van der Waals surface area contributed by atoms with Crippen LogP contribution >= 0.6 is 11.6 Å². The normalized spacial score (nSPS) is 10.8. The van der Waals surface area contributed by atoms with Crippen molar-refractivity contribution in [2.45, 2.75) is 6.61 Å². The lowest BCUT2D eigenvalue weighted by atomic mass is 10.1. The van der Waals surface area contributed by atoms with Gasteiger partial charge in [-0.2, -0.15) is 5.26 Å². The van der Waals surface area contributed by atoms with E-state index in [9.17, 15) is 30.3 Å². The highest BCUT2D eigenvalue weighted by Crippen LogP contribution is 2.31. The smallest absolute Gasteiger partial charge is 0.271 e. The molecule has 3 aromatic carbocycles. The Bertz CT molecular complexity index is 1400. The van der Waals surface area contributed by atoms with E-state index in [-0.39, 0.29) is 34.3 Å². The highest BCUT2D eigenvalue weighted by molar-refractivity contribution is 6.34. The molecule has 0 radical (unpaired) electrons. The number of carbonyl (C=O) groups is 1. The maximum Gasteiger partial charge on any atom is 0.271 e. The van der Waals surface area contributed by atoms with Gasteiger partial charge in [0.2, 0.25) is 0 Å². The first-order valence-electron chi connectivity index (χ1n) is 10.1. The summed E-state index contributed by atoms with van der Waals surface area (Å²) in [6.07, 6.45) is 1.31. The number of benzene rings is 3. The molecule has 3 aromatic rings. The van der Waals surface area contributed by atoms with Crippen molar-refractivity contribution in [3.8, 4) is 17.6 Å². The summed E-state index contributed by atoms with van der Waals surface area (Å²) in [5.41, 5.74) is 0.564. The number of nitro groups is 2. The van der Waals surface area contributed by atoms with Crippen LogP contribution in [-0.4, -0.2) is 22.9 Å². The molecule has 0 aliphatic rings. The van der Waals surface area contributed by atoms with Gasteiger partial charge in [-0.3, -0.25) is 25.0 Å². The SMILES string of the molecule is COc1cc(/C=C(\C#N)C(=O)Nc2cc([N+](=O)[O-])ccc2Cl)ccc1OCc1ccc([N+](=O)[O-])cc1. The fraction of sp³-hybridized carbons (Fsp3) is 0.0833. The van der Waals surface area contributed by atoms with Crippen LogP contribution in [0.15, 0.2) is 66.2 Å². The fourth-order valence-corrected chi connectivity index (χ4v) is 3.16. The van der Waals surface area contributed by atoms with Crippen molar-refractivity contribution < 1.29 is 24.1 Å². The van der Waals surface area contributed by atoms with Gasteiger partial charge < -0.3 is 14.8 Å². The van der Waals surface area contributed by atoms with Crippen LogP contribution in [-0.2, 0) is 11.4 Å². The number of nitrogens with one attached hydrogen (secondary N) is 1. The summed E-state index contributed by atoms with van der Waals surface area (Å²) in [5, 5.41) is 33.7. The average molecular weight is 509 g/mol. The molecular formula is C24H17ClN4O7. The summed E-state index contributed by atoms with van der Waals surface area (Å²) < 4.78 is 11.1. The van der Waals surface area contributed by atoms with E-state index in [1.54, 1.807) is 36.4 Å². The number of nitrogens with zero attached hydrogens (tertiary/aromatic N) is 3. The summed E-state index contributed by atoms with van der Waals surface area (Å²) in [6.45, 7) is 0.124. The van der Waals surface area contributed by atoms with Crippen molar-refractivity contribution in [3.63, 3.8) is 0 Å². The molecule has 0 saturated heterocycles. The average Bonchev–Trinajstić information content (AvgIpc) is 2.87. The number of carbonyl (C=O) groups excluding carboxylic acids is 1. The summed E-state index contributed by atoms with van der Waals surface area (Å²) in [4.78, 5) is 33.2. The zero-order valence-electron chi connectivity index (χ0n) is 18.6. The standard InChI is InChI=1S/C24H17ClN4O7/c1-35-23-11-16(4-9-22(23)36-14-15-2-5-18(6-3-15)28(31)32)10-17(13-26)24(30)27-21-12-19(29(33)34)7-8-20(21)25/h2-12H,14H2,1H3,(H,27,30)/b17-10+. The van der Waals surface area contributed by atoms with Crippen LogP contribution < -0.4 is 14.8 Å². The lowest BCUT2D eigenvalue weighted by molar-refractivity contribution is -0.385. The molecule has 11 nitrogen and oxygen atoms in total. The van der Waals surface area contributed by atoms with Crippen LogP contribution in [0.4, 0.5) is 17.1 Å². The Labute approximate surface area is 209 Å². The molecule has 1 N–H and O–H groups in total. The van der Waals surface area contributed by atoms with E-state index >= 15 is 0 Å². The van der Waals surface area contributed by atoms with E-state index in [1.165, 1.54) is 37.5 Å². The number of ether oxygens (including phenoxy) is 2. The topological polar surface area (TPSA) is 158 Å². The molecule has 1 amide bonds. The first-order valence-corrected chi connectivity index (χ1v) is 10.5. The van der Waals surface area contributed by atoms with Crippen LogP contribution in [0.2, 0.25) is 5.02 Å². The molecule has 0 spiro atoms. The molecule has 36 heavy (non-hydrogen) atoms. The zero-order valence-corrected chi connectivity index (χ0v) is 19.4. The predicted molar refractivity (Wildman–Crippen MR) is 131 cm³/mol. The Hall–Kier alpha value is -4.95. The molecule has 12 heteroatoms. The maximum atomic E-state index is 12.6. The molecule has 0 saturated carbocycles. The molecule has 0 aromatic heterocycles. The Morgan fingerprint density at radius 3 is 2.31 bits per heavy atom. The number of anilines is 1. The number of non-ortho nitro benzene ring substituents is 2. The number of rotatable bonds is 9. The van der Waals surface area contributed by atoms with Gasteiger partial charge in [0.05, 0.1) is 27.7 Å². The van der Waals surface area contributed by atoms with E-state index in [2.05, 4.69) is 5.32 Å². The van der Waals surface area contributed by atoms with Crippen LogP contribution in [0.25, 0.3) is 6.08 Å². The van der Waals surface area contributed by atoms with Crippen molar-refractivity contribution >= 4 is 40.6 Å². The molecule has 0 aliphatic carbocycles. The molecule has 0 aliphatic heterocycles. The third-order valence-electron chi connectivity index (χ3n) is 4.81. The third kappa shape index (κ3) is 6.34. The van der Waals surface area contributed by atoms with Gasteiger partial charge in [-0.15, -0.1) is 0 Å². The molecule has 0 bridgehead atoms. The monoisotopic (exact) mass is 508 g/mol. The van der Waals surface area contributed by atoms with Crippen LogP contribution in [0.1, 0.15) is 11.1 Å². The summed E-state index contributed by atoms with van der Waals surface area (Å²) in [5.74, 6) is -0.109. The molecule has 3 rings (SSSR count). The molecule has 182 valence electrons. The van der Waals surface area contributed by atoms with Crippen molar-refractivity contribution in [3.05, 3.63) is 103 Å². The van der Waals surface area contributed by atoms with Gasteiger partial charge in [0.1, 0.15) is 18.2 Å². The number of hydrogen-bond acceptors (Lipinski definition) is 8. The summed E-state index contributed by atoms with van der Waals surface area (Å²) in [7, 11) is 1.42. The second-order valence-corrected chi connectivity index (χ2v) is 7.57. The van der Waals surface area contributed by atoms with E-state index in [4.69, 9.17) is 21.1 Å². The van der Waals surface area contributed by atoms with Gasteiger partial charge >= 0.3 is 0 Å². The zero-order chi connectivity index (χ0) is 26.2. The number of halogens is 1. The minimum Gasteiger partial charge on any atom is -0.493 e. The Morgan fingerprint density at radius 1 is 1.03 bits per heavy atom. The number of nitro benzene ring substituents is 2. The van der Waals surface area contributed by atoms with Crippen molar-refractivity contribution in [1.82, 2.24) is 0 Å². The Morgan fingerprint density at radius 2 is 1.69 bits per heavy atom. The quantitative estimate of drug-likeness (QED) is 0.177. The van der Waals surface area contributed by atoms with Crippen molar-refractivity contribution in [2.24, 2.45) is 0 Å². The van der Waals surface area contributed by atoms with Gasteiger partial charge in [0.25, 0.3) is 17.3 Å². The molecule has 0 unspecified atom stereocenters. The maximum absolute atomic E-state index is 12.6. The minimum atomic E-state index is -0.808. The number of hydrogen-bond donors (Lipinski definition) is 1. The highest BCUT2D eigenvalue weighted by Gasteiger charge is 2.16.